The molecule has 188 valence electrons. The fourth-order valence-electron chi connectivity index (χ4n) is 3.07. The molecule has 0 radical (unpaired) electrons. The molecule has 0 saturated heterocycles. The van der Waals surface area contributed by atoms with Crippen molar-refractivity contribution in [1.29, 1.82) is 0 Å². The highest BCUT2D eigenvalue weighted by molar-refractivity contribution is 5.95. The first-order chi connectivity index (χ1) is 16.0. The largest absolute Gasteiger partial charge is 0.480 e. The SMILES string of the molecule is C[C@H](N)C(=O)N[C@@H](CCCCN)C(=O)N[C@@H](Cc1ccccc1)C(=O)N[C@@H](CC(N)=O)C(=O)O. The van der Waals surface area contributed by atoms with Gasteiger partial charge < -0.3 is 38.3 Å². The third kappa shape index (κ3) is 10.4. The Balaban J connectivity index is 3.09. The molecule has 10 N–H and O–H groups in total. The molecule has 12 heteroatoms. The molecule has 0 spiro atoms. The lowest BCUT2D eigenvalue weighted by atomic mass is 10.0. The number of primary amides is 1. The summed E-state index contributed by atoms with van der Waals surface area (Å²) in [6.45, 7) is 1.88. The van der Waals surface area contributed by atoms with E-state index in [0.29, 0.717) is 24.9 Å². The number of aliphatic carboxylic acids is 1. The van der Waals surface area contributed by atoms with Gasteiger partial charge in [0, 0.05) is 6.42 Å². The molecule has 1 rings (SSSR count). The van der Waals surface area contributed by atoms with Crippen molar-refractivity contribution in [3.05, 3.63) is 35.9 Å². The van der Waals surface area contributed by atoms with Crippen molar-refractivity contribution in [2.24, 2.45) is 17.2 Å². The maximum absolute atomic E-state index is 13.0. The number of carbonyl (C=O) groups is 5. The Labute approximate surface area is 198 Å². The van der Waals surface area contributed by atoms with Gasteiger partial charge in [-0.25, -0.2) is 4.79 Å². The minimum atomic E-state index is -1.56. The predicted molar refractivity (Wildman–Crippen MR) is 124 cm³/mol. The van der Waals surface area contributed by atoms with E-state index in [1.807, 2.05) is 0 Å². The third-order valence-electron chi connectivity index (χ3n) is 4.93. The molecule has 0 bridgehead atoms. The normalized spacial score (nSPS) is 14.2. The number of carboxylic acids is 1. The summed E-state index contributed by atoms with van der Waals surface area (Å²) in [5.41, 5.74) is 16.9. The quantitative estimate of drug-likeness (QED) is 0.141. The maximum atomic E-state index is 13.0. The van der Waals surface area contributed by atoms with Crippen LogP contribution in [0.3, 0.4) is 0 Å². The van der Waals surface area contributed by atoms with Gasteiger partial charge in [0.25, 0.3) is 0 Å². The second-order valence-electron chi connectivity index (χ2n) is 7.96. The Hall–Kier alpha value is -3.51. The van der Waals surface area contributed by atoms with Crippen molar-refractivity contribution < 1.29 is 29.1 Å². The van der Waals surface area contributed by atoms with Gasteiger partial charge in [-0.15, -0.1) is 0 Å². The van der Waals surface area contributed by atoms with E-state index in [0.717, 1.165) is 0 Å². The topological polar surface area (TPSA) is 220 Å². The molecular formula is C22H34N6O6. The van der Waals surface area contributed by atoms with Gasteiger partial charge in [0.2, 0.25) is 23.6 Å². The molecule has 1 aromatic rings. The van der Waals surface area contributed by atoms with E-state index < -0.39 is 60.2 Å². The van der Waals surface area contributed by atoms with E-state index in [2.05, 4.69) is 16.0 Å². The van der Waals surface area contributed by atoms with Gasteiger partial charge in [0.1, 0.15) is 18.1 Å². The minimum absolute atomic E-state index is 0.0398. The Morgan fingerprint density at radius 1 is 0.882 bits per heavy atom. The average Bonchev–Trinajstić information content (AvgIpc) is 2.77. The fourth-order valence-corrected chi connectivity index (χ4v) is 3.07. The summed E-state index contributed by atoms with van der Waals surface area (Å²) in [5.74, 6) is -4.34. The molecule has 0 saturated carbocycles. The zero-order valence-electron chi connectivity index (χ0n) is 19.2. The summed E-state index contributed by atoms with van der Waals surface area (Å²) < 4.78 is 0. The molecule has 0 aliphatic heterocycles. The second kappa shape index (κ2) is 14.6. The Morgan fingerprint density at radius 3 is 1.97 bits per heavy atom. The van der Waals surface area contributed by atoms with Gasteiger partial charge in [0.15, 0.2) is 0 Å². The van der Waals surface area contributed by atoms with Gasteiger partial charge >= 0.3 is 5.97 Å². The first-order valence-electron chi connectivity index (χ1n) is 11.0. The third-order valence-corrected chi connectivity index (χ3v) is 4.93. The number of hydrogen-bond donors (Lipinski definition) is 7. The van der Waals surface area contributed by atoms with E-state index in [-0.39, 0.29) is 12.8 Å². The number of carboxylic acid groups (broad SMARTS) is 1. The zero-order valence-corrected chi connectivity index (χ0v) is 19.2. The van der Waals surface area contributed by atoms with Crippen molar-refractivity contribution >= 4 is 29.6 Å². The van der Waals surface area contributed by atoms with E-state index in [1.54, 1.807) is 30.3 Å². The Bertz CT molecular complexity index is 848. The molecule has 0 aliphatic carbocycles. The number of unbranched alkanes of at least 4 members (excludes halogenated alkanes) is 1. The number of hydrogen-bond acceptors (Lipinski definition) is 7. The smallest absolute Gasteiger partial charge is 0.326 e. The van der Waals surface area contributed by atoms with Crippen LogP contribution in [0.15, 0.2) is 30.3 Å². The van der Waals surface area contributed by atoms with E-state index in [1.165, 1.54) is 6.92 Å². The molecule has 1 aromatic carbocycles. The van der Waals surface area contributed by atoms with Crippen LogP contribution in [0.2, 0.25) is 0 Å². The minimum Gasteiger partial charge on any atom is -0.480 e. The van der Waals surface area contributed by atoms with Crippen molar-refractivity contribution in [1.82, 2.24) is 16.0 Å². The summed E-state index contributed by atoms with van der Waals surface area (Å²) >= 11 is 0. The van der Waals surface area contributed by atoms with Crippen LogP contribution in [0.1, 0.15) is 38.2 Å². The summed E-state index contributed by atoms with van der Waals surface area (Å²) in [4.78, 5) is 60.7. The zero-order chi connectivity index (χ0) is 25.7. The summed E-state index contributed by atoms with van der Waals surface area (Å²) in [7, 11) is 0. The first-order valence-corrected chi connectivity index (χ1v) is 11.0. The Morgan fingerprint density at radius 2 is 1.44 bits per heavy atom. The van der Waals surface area contributed by atoms with Crippen LogP contribution < -0.4 is 33.2 Å². The van der Waals surface area contributed by atoms with Crippen LogP contribution in [-0.4, -0.2) is 65.4 Å². The van der Waals surface area contributed by atoms with Crippen LogP contribution in [0.25, 0.3) is 0 Å². The first kappa shape index (κ1) is 28.5. The van der Waals surface area contributed by atoms with Gasteiger partial charge in [-0.3, -0.25) is 19.2 Å². The van der Waals surface area contributed by atoms with Crippen LogP contribution in [0.5, 0.6) is 0 Å². The monoisotopic (exact) mass is 478 g/mol. The second-order valence-corrected chi connectivity index (χ2v) is 7.96. The fraction of sp³-hybridized carbons (Fsp3) is 0.500. The summed E-state index contributed by atoms with van der Waals surface area (Å²) in [6.07, 6.45) is 0.861. The van der Waals surface area contributed by atoms with E-state index in [4.69, 9.17) is 17.2 Å². The van der Waals surface area contributed by atoms with Crippen molar-refractivity contribution in [3.8, 4) is 0 Å². The van der Waals surface area contributed by atoms with Crippen molar-refractivity contribution in [2.75, 3.05) is 6.54 Å². The molecule has 4 atom stereocenters. The number of amides is 4. The molecule has 4 amide bonds. The van der Waals surface area contributed by atoms with Crippen LogP contribution in [0, 0.1) is 0 Å². The highest BCUT2D eigenvalue weighted by atomic mass is 16.4. The van der Waals surface area contributed by atoms with Crippen LogP contribution in [-0.2, 0) is 30.4 Å². The van der Waals surface area contributed by atoms with Crippen LogP contribution in [0.4, 0.5) is 0 Å². The van der Waals surface area contributed by atoms with Crippen molar-refractivity contribution in [2.45, 2.75) is 63.2 Å². The highest BCUT2D eigenvalue weighted by Gasteiger charge is 2.30. The molecule has 34 heavy (non-hydrogen) atoms. The Kier molecular flexibility index (Phi) is 12.2. The lowest BCUT2D eigenvalue weighted by molar-refractivity contribution is -0.143. The van der Waals surface area contributed by atoms with E-state index >= 15 is 0 Å². The predicted octanol–water partition coefficient (Wildman–Crippen LogP) is -1.88. The summed E-state index contributed by atoms with van der Waals surface area (Å²) in [6, 6.07) is 4.18. The maximum Gasteiger partial charge on any atom is 0.326 e. The highest BCUT2D eigenvalue weighted by Crippen LogP contribution is 2.07. The van der Waals surface area contributed by atoms with Gasteiger partial charge in [-0.1, -0.05) is 30.3 Å². The van der Waals surface area contributed by atoms with Gasteiger partial charge in [-0.2, -0.15) is 0 Å². The molecular weight excluding hydrogens is 444 g/mol. The average molecular weight is 479 g/mol. The number of carbonyl (C=O) groups excluding carboxylic acids is 4. The summed E-state index contributed by atoms with van der Waals surface area (Å²) in [5, 5.41) is 16.7. The van der Waals surface area contributed by atoms with Crippen molar-refractivity contribution in [3.63, 3.8) is 0 Å². The molecule has 0 aliphatic rings. The lowest BCUT2D eigenvalue weighted by Gasteiger charge is -2.25. The standard InChI is InChI=1S/C22H34N6O6/c1-13(24)19(30)26-15(9-5-6-10-23)20(31)27-16(11-14-7-3-2-4-8-14)21(32)28-17(22(33)34)12-18(25)29/h2-4,7-8,13,15-17H,5-6,9-12,23-24H2,1H3,(H2,25,29)(H,26,30)(H,27,31)(H,28,32)(H,33,34)/t13-,15-,16-,17-/m0/s1. The number of benzene rings is 1. The lowest BCUT2D eigenvalue weighted by Crippen LogP contribution is -2.57. The number of nitrogens with two attached hydrogens (primary N) is 3. The van der Waals surface area contributed by atoms with Gasteiger partial charge in [0.05, 0.1) is 12.5 Å². The molecule has 0 aromatic heterocycles. The van der Waals surface area contributed by atoms with Crippen LogP contribution >= 0.6 is 0 Å². The van der Waals surface area contributed by atoms with Gasteiger partial charge in [-0.05, 0) is 38.3 Å². The van der Waals surface area contributed by atoms with E-state index in [9.17, 15) is 29.1 Å². The molecule has 12 nitrogen and oxygen atoms in total. The molecule has 0 unspecified atom stereocenters. The molecule has 0 fully saturated rings. The molecule has 0 heterocycles. The number of nitrogens with one attached hydrogen (secondary N) is 3. The number of rotatable bonds is 15.